The van der Waals surface area contributed by atoms with Crippen LogP contribution in [0.2, 0.25) is 0 Å². The number of hydrogen-bond donors (Lipinski definition) is 1. The molecule has 2 heterocycles. The number of nitrogens with one attached hydrogen (secondary N) is 1. The van der Waals surface area contributed by atoms with Crippen LogP contribution in [0, 0.1) is 29.0 Å². The van der Waals surface area contributed by atoms with E-state index in [0.29, 0.717) is 45.0 Å². The topological polar surface area (TPSA) is 88.8 Å². The van der Waals surface area contributed by atoms with Crippen LogP contribution in [0.3, 0.4) is 0 Å². The number of hydrogen-bond acceptors (Lipinski definition) is 7. The second-order valence-corrected chi connectivity index (χ2v) is 12.2. The Morgan fingerprint density at radius 3 is 1.94 bits per heavy atom. The predicted octanol–water partition coefficient (Wildman–Crippen LogP) is 8.01. The molecule has 0 spiro atoms. The summed E-state index contributed by atoms with van der Waals surface area (Å²) < 4.78 is 76.3. The van der Waals surface area contributed by atoms with E-state index >= 15 is 4.39 Å². The number of nitriles is 1. The molecule has 0 fully saturated rings. The maximum Gasteiger partial charge on any atom is 0.425 e. The van der Waals surface area contributed by atoms with Crippen molar-refractivity contribution in [2.45, 2.75) is 36.7 Å². The summed E-state index contributed by atoms with van der Waals surface area (Å²) in [7, 11) is 3.07. The smallest absolute Gasteiger partial charge is 0.425 e. The number of pyridine rings is 1. The lowest BCUT2D eigenvalue weighted by Crippen LogP contribution is -2.54. The van der Waals surface area contributed by atoms with Gasteiger partial charge in [0.2, 0.25) is 0 Å². The van der Waals surface area contributed by atoms with Crippen LogP contribution < -0.4 is 14.8 Å². The summed E-state index contributed by atoms with van der Waals surface area (Å²) in [5, 5.41) is 12.3. The van der Waals surface area contributed by atoms with E-state index in [0.717, 1.165) is 6.07 Å². The molecular formula is C41H32F4N4O3. The summed E-state index contributed by atoms with van der Waals surface area (Å²) in [5.74, 6) is 6.14. The standard InChI is InChI=1S/C41H32F4N4O3/c1-39(35-23-27(11-22-36(35)42)9-16-32-17-10-28(25-46)26-47-32)24-37(41(43,44)45)52-38(48-39)49-40(29-7-5-4-6-8-29,30-12-18-33(50-2)19-13-30)31-14-20-34(51-3)21-15-31/h4-8,10-15,17-23,26,37H,24H2,1-3H3,(H,48,49)/t37-,39+/m0/s1. The molecule has 0 saturated carbocycles. The summed E-state index contributed by atoms with van der Waals surface area (Å²) in [6, 6.07) is 32.0. The van der Waals surface area contributed by atoms with Gasteiger partial charge in [0, 0.05) is 23.7 Å². The third kappa shape index (κ3) is 7.26. The van der Waals surface area contributed by atoms with E-state index in [2.05, 4.69) is 22.1 Å². The minimum Gasteiger partial charge on any atom is -0.497 e. The van der Waals surface area contributed by atoms with Gasteiger partial charge in [-0.1, -0.05) is 60.5 Å². The monoisotopic (exact) mass is 704 g/mol. The molecule has 7 nitrogen and oxygen atoms in total. The maximum atomic E-state index is 15.7. The van der Waals surface area contributed by atoms with Crippen molar-refractivity contribution < 1.29 is 31.8 Å². The van der Waals surface area contributed by atoms with E-state index < -0.39 is 41.6 Å². The molecule has 0 bridgehead atoms. The minimum absolute atomic E-state index is 0.0943. The Kier molecular flexibility index (Phi) is 9.89. The molecule has 2 atom stereocenters. The van der Waals surface area contributed by atoms with E-state index in [-0.39, 0.29) is 5.56 Å². The number of nitrogens with zero attached hydrogens (tertiary/aromatic N) is 3. The van der Waals surface area contributed by atoms with Crippen molar-refractivity contribution in [1.82, 2.24) is 10.3 Å². The molecule has 0 saturated heterocycles. The van der Waals surface area contributed by atoms with E-state index in [9.17, 15) is 13.2 Å². The van der Waals surface area contributed by atoms with Gasteiger partial charge in [-0.2, -0.15) is 18.4 Å². The van der Waals surface area contributed by atoms with E-state index in [1.807, 2.05) is 36.4 Å². The molecule has 0 amide bonds. The van der Waals surface area contributed by atoms with Gasteiger partial charge in [-0.15, -0.1) is 0 Å². The predicted molar refractivity (Wildman–Crippen MR) is 187 cm³/mol. The number of aliphatic imine (C=N–C) groups is 1. The van der Waals surface area contributed by atoms with Gasteiger partial charge in [0.05, 0.1) is 25.3 Å². The van der Waals surface area contributed by atoms with E-state index in [1.54, 1.807) is 60.7 Å². The van der Waals surface area contributed by atoms with Crippen LogP contribution in [0.25, 0.3) is 0 Å². The van der Waals surface area contributed by atoms with Crippen molar-refractivity contribution in [2.75, 3.05) is 14.2 Å². The van der Waals surface area contributed by atoms with Crippen molar-refractivity contribution in [3.05, 3.63) is 160 Å². The van der Waals surface area contributed by atoms with Crippen LogP contribution >= 0.6 is 0 Å². The summed E-state index contributed by atoms with van der Waals surface area (Å²) >= 11 is 0. The fourth-order valence-electron chi connectivity index (χ4n) is 6.18. The van der Waals surface area contributed by atoms with E-state index in [1.165, 1.54) is 39.5 Å². The highest BCUT2D eigenvalue weighted by Gasteiger charge is 2.51. The molecule has 262 valence electrons. The third-order valence-corrected chi connectivity index (χ3v) is 8.87. The van der Waals surface area contributed by atoms with Gasteiger partial charge in [-0.3, -0.25) is 0 Å². The quantitative estimate of drug-likeness (QED) is 0.105. The molecule has 1 aliphatic heterocycles. The lowest BCUT2D eigenvalue weighted by atomic mass is 9.77. The number of halogens is 4. The Bertz CT molecular complexity index is 2120. The molecule has 6 rings (SSSR count). The Morgan fingerprint density at radius 2 is 1.40 bits per heavy atom. The molecule has 0 unspecified atom stereocenters. The summed E-state index contributed by atoms with van der Waals surface area (Å²) in [6.07, 6.45) is -6.49. The second kappa shape index (κ2) is 14.5. The first-order valence-electron chi connectivity index (χ1n) is 16.1. The molecule has 52 heavy (non-hydrogen) atoms. The fraction of sp³-hybridized carbons (Fsp3) is 0.195. The number of aromatic nitrogens is 1. The van der Waals surface area contributed by atoms with E-state index in [4.69, 9.17) is 24.5 Å². The number of benzene rings is 4. The molecule has 4 aromatic carbocycles. The van der Waals surface area contributed by atoms with Gasteiger partial charge < -0.3 is 19.5 Å². The highest BCUT2D eigenvalue weighted by atomic mass is 19.4. The van der Waals surface area contributed by atoms with Crippen LogP contribution in [0.4, 0.5) is 17.6 Å². The molecule has 0 aliphatic carbocycles. The second-order valence-electron chi connectivity index (χ2n) is 12.2. The average molecular weight is 705 g/mol. The van der Waals surface area contributed by atoms with Crippen LogP contribution in [-0.4, -0.2) is 37.5 Å². The number of rotatable bonds is 7. The van der Waals surface area contributed by atoms with Gasteiger partial charge in [0.25, 0.3) is 6.02 Å². The highest BCUT2D eigenvalue weighted by molar-refractivity contribution is 5.79. The highest BCUT2D eigenvalue weighted by Crippen LogP contribution is 2.44. The Labute approximate surface area is 298 Å². The Balaban J connectivity index is 1.52. The van der Waals surface area contributed by atoms with Crippen LogP contribution in [0.5, 0.6) is 11.5 Å². The van der Waals surface area contributed by atoms with Crippen molar-refractivity contribution in [3.8, 4) is 29.4 Å². The molecule has 1 aliphatic rings. The molecule has 1 N–H and O–H groups in total. The van der Waals surface area contributed by atoms with Crippen molar-refractivity contribution in [3.63, 3.8) is 0 Å². The van der Waals surface area contributed by atoms with Gasteiger partial charge in [0.1, 0.15) is 34.6 Å². The number of amidine groups is 1. The zero-order valence-corrected chi connectivity index (χ0v) is 28.3. The average Bonchev–Trinajstić information content (AvgIpc) is 3.16. The van der Waals surface area contributed by atoms with Crippen LogP contribution in [-0.2, 0) is 15.8 Å². The van der Waals surface area contributed by atoms with Gasteiger partial charge >= 0.3 is 6.18 Å². The maximum absolute atomic E-state index is 15.7. The summed E-state index contributed by atoms with van der Waals surface area (Å²) in [6.45, 7) is 1.44. The molecule has 5 aromatic rings. The molecule has 11 heteroatoms. The minimum atomic E-state index is -4.82. The molecular weight excluding hydrogens is 672 g/mol. The first-order valence-corrected chi connectivity index (χ1v) is 16.1. The number of methoxy groups -OCH3 is 2. The largest absolute Gasteiger partial charge is 0.497 e. The van der Waals surface area contributed by atoms with Crippen LogP contribution in [0.1, 0.15) is 52.4 Å². The first-order chi connectivity index (χ1) is 25.0. The first kappa shape index (κ1) is 35.5. The fourth-order valence-corrected chi connectivity index (χ4v) is 6.18. The molecule has 0 radical (unpaired) electrons. The van der Waals surface area contributed by atoms with Crippen molar-refractivity contribution in [1.29, 1.82) is 5.26 Å². The SMILES string of the molecule is COc1ccc(C(NC2=N[C@@](C)(c3cc(C#Cc4ccc(C#N)cn4)ccc3F)C[C@@H](C(F)(F)F)O2)(c2ccccc2)c2ccc(OC)cc2)cc1. The van der Waals surface area contributed by atoms with Gasteiger partial charge in [0.15, 0.2) is 6.10 Å². The molecule has 1 aromatic heterocycles. The zero-order valence-electron chi connectivity index (χ0n) is 28.3. The van der Waals surface area contributed by atoms with Gasteiger partial charge in [-0.05, 0) is 84.1 Å². The summed E-state index contributed by atoms with van der Waals surface area (Å²) in [4.78, 5) is 8.85. The van der Waals surface area contributed by atoms with Crippen molar-refractivity contribution in [2.24, 2.45) is 4.99 Å². The third-order valence-electron chi connectivity index (χ3n) is 8.87. The van der Waals surface area contributed by atoms with Gasteiger partial charge in [-0.25, -0.2) is 14.4 Å². The number of alkyl halides is 3. The zero-order chi connectivity index (χ0) is 36.9. The van der Waals surface area contributed by atoms with Crippen molar-refractivity contribution >= 4 is 6.02 Å². The lowest BCUT2D eigenvalue weighted by Gasteiger charge is -2.42. The number of ether oxygens (including phenoxy) is 3. The Morgan fingerprint density at radius 1 is 0.808 bits per heavy atom. The van der Waals surface area contributed by atoms with Crippen LogP contribution in [0.15, 0.2) is 120 Å². The Hall–Kier alpha value is -6.33. The summed E-state index contributed by atoms with van der Waals surface area (Å²) in [5.41, 5.74) is -0.241. The normalized spacial score (nSPS) is 17.0. The lowest BCUT2D eigenvalue weighted by molar-refractivity contribution is -0.209.